The highest BCUT2D eigenvalue weighted by molar-refractivity contribution is 5.66. The Hall–Kier alpha value is -2.80. The summed E-state index contributed by atoms with van der Waals surface area (Å²) in [6.45, 7) is 3.89. The van der Waals surface area contributed by atoms with Gasteiger partial charge in [0.1, 0.15) is 0 Å². The molecule has 1 aromatic heterocycles. The van der Waals surface area contributed by atoms with Gasteiger partial charge in [0.05, 0.1) is 6.10 Å². The van der Waals surface area contributed by atoms with Gasteiger partial charge >= 0.3 is 0 Å². The number of ether oxygens (including phenoxy) is 1. The van der Waals surface area contributed by atoms with Crippen LogP contribution in [-0.2, 0) is 4.74 Å². The number of pyridine rings is 1. The Balaban J connectivity index is 2.09. The predicted molar refractivity (Wildman–Crippen MR) is 84.4 cm³/mol. The van der Waals surface area contributed by atoms with E-state index in [1.807, 2.05) is 44.2 Å². The molecule has 0 N–H and O–H groups in total. The summed E-state index contributed by atoms with van der Waals surface area (Å²) in [7, 11) is 0. The van der Waals surface area contributed by atoms with Crippen molar-refractivity contribution < 1.29 is 9.84 Å². The molecular formula is C18H17N2O2-. The molecule has 2 rings (SSSR count). The van der Waals surface area contributed by atoms with Gasteiger partial charge in [-0.05, 0) is 30.2 Å². The lowest BCUT2D eigenvalue weighted by Crippen LogP contribution is -2.29. The molecule has 2 aromatic rings. The molecule has 0 saturated carbocycles. The molecule has 0 amide bonds. The fourth-order valence-electron chi connectivity index (χ4n) is 1.66. The quantitative estimate of drug-likeness (QED) is 0.496. The minimum atomic E-state index is -0.681. The highest BCUT2D eigenvalue weighted by Gasteiger charge is 2.06. The van der Waals surface area contributed by atoms with Crippen LogP contribution in [0.5, 0.6) is 0 Å². The number of aliphatic imine (C=N–C) groups is 1. The molecule has 112 valence electrons. The molecule has 0 radical (unpaired) electrons. The summed E-state index contributed by atoms with van der Waals surface area (Å²) < 4.78 is 5.32. The zero-order chi connectivity index (χ0) is 15.8. The first kappa shape index (κ1) is 15.6. The van der Waals surface area contributed by atoms with Crippen molar-refractivity contribution >= 4 is 11.9 Å². The Labute approximate surface area is 130 Å². The van der Waals surface area contributed by atoms with Gasteiger partial charge in [0, 0.05) is 11.8 Å². The van der Waals surface area contributed by atoms with Crippen molar-refractivity contribution in [1.29, 1.82) is 0 Å². The van der Waals surface area contributed by atoms with Crippen molar-refractivity contribution in [3.63, 3.8) is 0 Å². The zero-order valence-corrected chi connectivity index (χ0v) is 12.6. The summed E-state index contributed by atoms with van der Waals surface area (Å²) in [4.78, 5) is 7.76. The lowest BCUT2D eigenvalue weighted by atomic mass is 10.1. The van der Waals surface area contributed by atoms with E-state index < -0.39 is 12.2 Å². The maximum atomic E-state index is 11.8. The van der Waals surface area contributed by atoms with E-state index in [2.05, 4.69) is 21.8 Å². The third-order valence-electron chi connectivity index (χ3n) is 2.82. The van der Waals surface area contributed by atoms with Gasteiger partial charge in [-0.3, -0.25) is 0 Å². The number of hydrogen-bond acceptors (Lipinski definition) is 4. The third-order valence-corrected chi connectivity index (χ3v) is 2.82. The monoisotopic (exact) mass is 293 g/mol. The minimum Gasteiger partial charge on any atom is -0.584 e. The molecule has 1 aromatic carbocycles. The summed E-state index contributed by atoms with van der Waals surface area (Å²) >= 11 is 0. The lowest BCUT2D eigenvalue weighted by molar-refractivity contribution is -0.254. The average molecular weight is 293 g/mol. The van der Waals surface area contributed by atoms with E-state index in [0.717, 1.165) is 5.56 Å². The first-order chi connectivity index (χ1) is 10.6. The van der Waals surface area contributed by atoms with Crippen molar-refractivity contribution in [3.05, 3.63) is 60.3 Å². The summed E-state index contributed by atoms with van der Waals surface area (Å²) in [6, 6.07) is 14.7. The molecule has 1 heterocycles. The Morgan fingerprint density at radius 1 is 1.14 bits per heavy atom. The smallest absolute Gasteiger partial charge is 0.154 e. The molecule has 22 heavy (non-hydrogen) atoms. The van der Waals surface area contributed by atoms with E-state index in [0.29, 0.717) is 5.82 Å². The van der Waals surface area contributed by atoms with Crippen LogP contribution in [0, 0.1) is 17.8 Å². The Morgan fingerprint density at radius 2 is 1.86 bits per heavy atom. The molecule has 0 fully saturated rings. The van der Waals surface area contributed by atoms with Gasteiger partial charge in [-0.1, -0.05) is 50.0 Å². The zero-order valence-electron chi connectivity index (χ0n) is 12.6. The maximum Gasteiger partial charge on any atom is 0.154 e. The molecular weight excluding hydrogens is 276 g/mol. The SMILES string of the molecule is CC(C)C(C#Cc1ccccc1)OC([O-])=Nc1ccccn1. The molecule has 0 aliphatic heterocycles. The Bertz CT molecular complexity index is 670. The van der Waals surface area contributed by atoms with E-state index in [-0.39, 0.29) is 5.92 Å². The second-order valence-electron chi connectivity index (χ2n) is 4.98. The molecule has 1 unspecified atom stereocenters. The third kappa shape index (κ3) is 4.95. The van der Waals surface area contributed by atoms with Crippen LogP contribution in [0.2, 0.25) is 0 Å². The van der Waals surface area contributed by atoms with Gasteiger partial charge in [-0.25, -0.2) is 9.98 Å². The summed E-state index contributed by atoms with van der Waals surface area (Å²) in [5.74, 6) is 6.38. The molecule has 0 aliphatic carbocycles. The van der Waals surface area contributed by atoms with Crippen LogP contribution < -0.4 is 5.11 Å². The second-order valence-corrected chi connectivity index (χ2v) is 4.98. The number of benzene rings is 1. The Kier molecular flexibility index (Phi) is 5.56. The average Bonchev–Trinajstić information content (AvgIpc) is 2.53. The number of rotatable bonds is 3. The first-order valence-corrected chi connectivity index (χ1v) is 7.05. The molecule has 4 heteroatoms. The largest absolute Gasteiger partial charge is 0.584 e. The highest BCUT2D eigenvalue weighted by Crippen LogP contribution is 2.09. The van der Waals surface area contributed by atoms with Gasteiger partial charge in [-0.2, -0.15) is 0 Å². The number of aromatic nitrogens is 1. The van der Waals surface area contributed by atoms with Crippen LogP contribution >= 0.6 is 0 Å². The van der Waals surface area contributed by atoms with Crippen molar-refractivity contribution in [3.8, 4) is 11.8 Å². The van der Waals surface area contributed by atoms with Gasteiger partial charge in [0.25, 0.3) is 0 Å². The number of nitrogens with zero attached hydrogens (tertiary/aromatic N) is 2. The minimum absolute atomic E-state index is 0.0686. The topological polar surface area (TPSA) is 57.5 Å². The molecule has 1 atom stereocenters. The molecule has 0 aliphatic rings. The van der Waals surface area contributed by atoms with E-state index >= 15 is 0 Å². The summed E-state index contributed by atoms with van der Waals surface area (Å²) in [5, 5.41) is 11.8. The predicted octanol–water partition coefficient (Wildman–Crippen LogP) is 2.52. The van der Waals surface area contributed by atoms with Gasteiger partial charge < -0.3 is 9.84 Å². The standard InChI is InChI=1S/C18H18N2O2/c1-14(2)16(12-11-15-8-4-3-5-9-15)22-18(21)20-17-10-6-7-13-19-17/h3-10,13-14,16H,1-2H3,(H,19,20,21)/p-1. The normalized spacial score (nSPS) is 12.4. The lowest BCUT2D eigenvalue weighted by Gasteiger charge is -2.24. The van der Waals surface area contributed by atoms with Crippen molar-refractivity contribution in [2.24, 2.45) is 10.9 Å². The van der Waals surface area contributed by atoms with Crippen LogP contribution in [0.4, 0.5) is 5.82 Å². The van der Waals surface area contributed by atoms with Crippen LogP contribution in [0.1, 0.15) is 19.4 Å². The van der Waals surface area contributed by atoms with Crippen LogP contribution in [0.25, 0.3) is 0 Å². The van der Waals surface area contributed by atoms with Crippen LogP contribution in [0.15, 0.2) is 59.7 Å². The van der Waals surface area contributed by atoms with Crippen LogP contribution in [-0.4, -0.2) is 17.2 Å². The van der Waals surface area contributed by atoms with Crippen LogP contribution in [0.3, 0.4) is 0 Å². The Morgan fingerprint density at radius 3 is 2.50 bits per heavy atom. The van der Waals surface area contributed by atoms with E-state index in [4.69, 9.17) is 4.74 Å². The van der Waals surface area contributed by atoms with Crippen molar-refractivity contribution in [2.75, 3.05) is 0 Å². The fraction of sp³-hybridized carbons (Fsp3) is 0.222. The summed E-state index contributed by atoms with van der Waals surface area (Å²) in [5.41, 5.74) is 0.880. The number of hydrogen-bond donors (Lipinski definition) is 0. The van der Waals surface area contributed by atoms with Crippen molar-refractivity contribution in [2.45, 2.75) is 20.0 Å². The second kappa shape index (κ2) is 7.84. The van der Waals surface area contributed by atoms with E-state index in [1.165, 1.54) is 0 Å². The highest BCUT2D eigenvalue weighted by atomic mass is 16.6. The first-order valence-electron chi connectivity index (χ1n) is 7.05. The molecule has 0 spiro atoms. The summed E-state index contributed by atoms with van der Waals surface area (Å²) in [6.07, 6.45) is 0.376. The van der Waals surface area contributed by atoms with Gasteiger partial charge in [0.15, 0.2) is 11.9 Å². The van der Waals surface area contributed by atoms with E-state index in [9.17, 15) is 5.11 Å². The molecule has 4 nitrogen and oxygen atoms in total. The molecule has 0 bridgehead atoms. The van der Waals surface area contributed by atoms with Gasteiger partial charge in [0.2, 0.25) is 0 Å². The van der Waals surface area contributed by atoms with Gasteiger partial charge in [-0.15, -0.1) is 0 Å². The van der Waals surface area contributed by atoms with Crippen molar-refractivity contribution in [1.82, 2.24) is 4.98 Å². The van der Waals surface area contributed by atoms with E-state index in [1.54, 1.807) is 24.4 Å². The maximum absolute atomic E-state index is 11.8. The molecule has 0 saturated heterocycles. The fourth-order valence-corrected chi connectivity index (χ4v) is 1.66.